The van der Waals surface area contributed by atoms with Crippen molar-refractivity contribution in [3.8, 4) is 0 Å². The van der Waals surface area contributed by atoms with Crippen LogP contribution in [0.3, 0.4) is 0 Å². The van der Waals surface area contributed by atoms with Gasteiger partial charge in [0.25, 0.3) is 5.91 Å². The Morgan fingerprint density at radius 3 is 2.82 bits per heavy atom. The summed E-state index contributed by atoms with van der Waals surface area (Å²) in [7, 11) is 1.81. The van der Waals surface area contributed by atoms with E-state index in [0.717, 1.165) is 18.9 Å². The van der Waals surface area contributed by atoms with Crippen LogP contribution in [0.4, 0.5) is 0 Å². The third-order valence-electron chi connectivity index (χ3n) is 5.14. The minimum atomic E-state index is 0.00418. The molecule has 1 aliphatic heterocycles. The highest BCUT2D eigenvalue weighted by Gasteiger charge is 2.25. The summed E-state index contributed by atoms with van der Waals surface area (Å²) >= 11 is 0. The second-order valence-corrected chi connectivity index (χ2v) is 6.92. The molecular weight excluding hydrogens is 276 g/mol. The molecule has 0 aromatic carbocycles. The van der Waals surface area contributed by atoms with Gasteiger partial charge in [-0.05, 0) is 44.2 Å². The highest BCUT2D eigenvalue weighted by molar-refractivity contribution is 5.92. The number of nitrogens with zero attached hydrogens (tertiary/aromatic N) is 3. The van der Waals surface area contributed by atoms with Crippen molar-refractivity contribution in [2.24, 2.45) is 13.0 Å². The van der Waals surface area contributed by atoms with Gasteiger partial charge in [-0.3, -0.25) is 9.48 Å². The molecule has 2 aliphatic rings. The number of nitrogens with one attached hydrogen (secondary N) is 1. The molecule has 0 spiro atoms. The fourth-order valence-corrected chi connectivity index (χ4v) is 3.93. The molecule has 1 N–H and O–H groups in total. The number of carbonyl (C=O) groups excluding carboxylic acids is 1. The van der Waals surface area contributed by atoms with Crippen LogP contribution < -0.4 is 5.32 Å². The fourth-order valence-electron chi connectivity index (χ4n) is 3.93. The van der Waals surface area contributed by atoms with Crippen molar-refractivity contribution in [2.45, 2.75) is 51.0 Å². The fraction of sp³-hybridized carbons (Fsp3) is 0.765. The van der Waals surface area contributed by atoms with Gasteiger partial charge in [-0.2, -0.15) is 5.10 Å². The Bertz CT molecular complexity index is 493. The van der Waals surface area contributed by atoms with Crippen LogP contribution >= 0.6 is 0 Å². The molecule has 122 valence electrons. The standard InChI is InChI=1S/C17H28N4O/c1-20-16(9-10-18-20)17(22)19-15-8-5-11-21(13-15)12-14-6-3-2-4-7-14/h9-10,14-15H,2-8,11-13H2,1H3,(H,19,22)/t15-/m0/s1. The van der Waals surface area contributed by atoms with Gasteiger partial charge in [-0.1, -0.05) is 19.3 Å². The van der Waals surface area contributed by atoms with Crippen LogP contribution in [0.2, 0.25) is 0 Å². The van der Waals surface area contributed by atoms with E-state index < -0.39 is 0 Å². The van der Waals surface area contributed by atoms with Gasteiger partial charge in [0, 0.05) is 32.4 Å². The molecule has 2 heterocycles. The SMILES string of the molecule is Cn1nccc1C(=O)N[C@H]1CCCN(CC2CCCCC2)C1. The molecule has 1 atom stereocenters. The molecule has 5 nitrogen and oxygen atoms in total. The average Bonchev–Trinajstić information content (AvgIpc) is 2.95. The van der Waals surface area contributed by atoms with Crippen LogP contribution in [-0.4, -0.2) is 46.3 Å². The van der Waals surface area contributed by atoms with E-state index in [1.165, 1.54) is 51.6 Å². The van der Waals surface area contributed by atoms with Crippen molar-refractivity contribution in [1.82, 2.24) is 20.0 Å². The molecule has 1 saturated heterocycles. The third kappa shape index (κ3) is 3.88. The summed E-state index contributed by atoms with van der Waals surface area (Å²) in [5.41, 5.74) is 0.643. The first kappa shape index (κ1) is 15.5. The number of carbonyl (C=O) groups is 1. The Morgan fingerprint density at radius 1 is 1.27 bits per heavy atom. The number of hydrogen-bond acceptors (Lipinski definition) is 3. The first-order chi connectivity index (χ1) is 10.7. The summed E-state index contributed by atoms with van der Waals surface area (Å²) in [6.45, 7) is 3.41. The minimum Gasteiger partial charge on any atom is -0.347 e. The van der Waals surface area contributed by atoms with E-state index in [2.05, 4.69) is 15.3 Å². The van der Waals surface area contributed by atoms with Crippen LogP contribution in [0.1, 0.15) is 55.4 Å². The van der Waals surface area contributed by atoms with Crippen molar-refractivity contribution in [1.29, 1.82) is 0 Å². The minimum absolute atomic E-state index is 0.00418. The van der Waals surface area contributed by atoms with Crippen LogP contribution in [0.5, 0.6) is 0 Å². The maximum atomic E-state index is 12.3. The lowest BCUT2D eigenvalue weighted by atomic mass is 9.88. The van der Waals surface area contributed by atoms with E-state index >= 15 is 0 Å². The lowest BCUT2D eigenvalue weighted by molar-refractivity contribution is 0.0880. The summed E-state index contributed by atoms with van der Waals surface area (Å²) in [6, 6.07) is 2.05. The van der Waals surface area contributed by atoms with Crippen LogP contribution in [0.15, 0.2) is 12.3 Å². The highest BCUT2D eigenvalue weighted by atomic mass is 16.2. The monoisotopic (exact) mass is 304 g/mol. The number of aryl methyl sites for hydroxylation is 1. The smallest absolute Gasteiger partial charge is 0.269 e. The van der Waals surface area contributed by atoms with Gasteiger partial charge in [0.2, 0.25) is 0 Å². The van der Waals surface area contributed by atoms with Crippen molar-refractivity contribution in [2.75, 3.05) is 19.6 Å². The third-order valence-corrected chi connectivity index (χ3v) is 5.14. The topological polar surface area (TPSA) is 50.2 Å². The Kier molecular flexibility index (Phi) is 5.13. The first-order valence-corrected chi connectivity index (χ1v) is 8.73. The summed E-state index contributed by atoms with van der Waals surface area (Å²) in [5.74, 6) is 0.879. The Balaban J connectivity index is 1.50. The van der Waals surface area contributed by atoms with Gasteiger partial charge in [0.15, 0.2) is 0 Å². The van der Waals surface area contributed by atoms with Gasteiger partial charge >= 0.3 is 0 Å². The normalized spacial score (nSPS) is 24.3. The summed E-state index contributed by atoms with van der Waals surface area (Å²) < 4.78 is 1.64. The predicted octanol–water partition coefficient (Wildman–Crippen LogP) is 2.19. The molecule has 1 aromatic rings. The van der Waals surface area contributed by atoms with Gasteiger partial charge < -0.3 is 10.2 Å². The molecule has 2 fully saturated rings. The largest absolute Gasteiger partial charge is 0.347 e. The number of amides is 1. The number of hydrogen-bond donors (Lipinski definition) is 1. The quantitative estimate of drug-likeness (QED) is 0.928. The Morgan fingerprint density at radius 2 is 2.09 bits per heavy atom. The summed E-state index contributed by atoms with van der Waals surface area (Å²) in [6.07, 6.45) is 10.9. The molecule has 1 aromatic heterocycles. The zero-order chi connectivity index (χ0) is 15.4. The molecule has 0 unspecified atom stereocenters. The number of likely N-dealkylation sites (tertiary alicyclic amines) is 1. The van der Waals surface area contributed by atoms with Crippen molar-refractivity contribution in [3.63, 3.8) is 0 Å². The molecule has 0 bridgehead atoms. The second-order valence-electron chi connectivity index (χ2n) is 6.92. The molecule has 3 rings (SSSR count). The molecular formula is C17H28N4O. The average molecular weight is 304 g/mol. The molecule has 1 amide bonds. The van der Waals surface area contributed by atoms with Crippen molar-refractivity contribution in [3.05, 3.63) is 18.0 Å². The Labute approximate surface area is 133 Å². The van der Waals surface area contributed by atoms with E-state index in [1.54, 1.807) is 16.9 Å². The van der Waals surface area contributed by atoms with Gasteiger partial charge in [-0.25, -0.2) is 0 Å². The zero-order valence-corrected chi connectivity index (χ0v) is 13.6. The van der Waals surface area contributed by atoms with Crippen molar-refractivity contribution >= 4 is 5.91 Å². The zero-order valence-electron chi connectivity index (χ0n) is 13.6. The highest BCUT2D eigenvalue weighted by Crippen LogP contribution is 2.25. The van der Waals surface area contributed by atoms with Crippen molar-refractivity contribution < 1.29 is 4.79 Å². The second kappa shape index (κ2) is 7.27. The van der Waals surface area contributed by atoms with Crippen LogP contribution in [0, 0.1) is 5.92 Å². The molecule has 0 radical (unpaired) electrons. The number of aromatic nitrogens is 2. The van der Waals surface area contributed by atoms with E-state index in [-0.39, 0.29) is 11.9 Å². The first-order valence-electron chi connectivity index (χ1n) is 8.73. The predicted molar refractivity (Wildman–Crippen MR) is 86.7 cm³/mol. The molecule has 22 heavy (non-hydrogen) atoms. The summed E-state index contributed by atoms with van der Waals surface area (Å²) in [4.78, 5) is 14.9. The maximum absolute atomic E-state index is 12.3. The molecule has 1 saturated carbocycles. The molecule has 1 aliphatic carbocycles. The Hall–Kier alpha value is -1.36. The van der Waals surface area contributed by atoms with E-state index in [1.807, 2.05) is 7.05 Å². The maximum Gasteiger partial charge on any atom is 0.269 e. The van der Waals surface area contributed by atoms with Gasteiger partial charge in [0.1, 0.15) is 5.69 Å². The van der Waals surface area contributed by atoms with Gasteiger partial charge in [-0.15, -0.1) is 0 Å². The van der Waals surface area contributed by atoms with E-state index in [0.29, 0.717) is 5.69 Å². The van der Waals surface area contributed by atoms with E-state index in [4.69, 9.17) is 0 Å². The number of piperidine rings is 1. The lowest BCUT2D eigenvalue weighted by Gasteiger charge is -2.36. The lowest BCUT2D eigenvalue weighted by Crippen LogP contribution is -2.49. The summed E-state index contributed by atoms with van der Waals surface area (Å²) in [5, 5.41) is 7.26. The number of rotatable bonds is 4. The van der Waals surface area contributed by atoms with Crippen LogP contribution in [-0.2, 0) is 7.05 Å². The van der Waals surface area contributed by atoms with E-state index in [9.17, 15) is 4.79 Å². The molecule has 5 heteroatoms. The van der Waals surface area contributed by atoms with Crippen LogP contribution in [0.25, 0.3) is 0 Å². The van der Waals surface area contributed by atoms with Gasteiger partial charge in [0.05, 0.1) is 0 Å².